The first-order valence-corrected chi connectivity index (χ1v) is 8.36. The van der Waals surface area contributed by atoms with Crippen LogP contribution in [0.5, 0.6) is 0 Å². The maximum Gasteiger partial charge on any atom is 0.318 e. The molecular formula is C19H21N3O2. The van der Waals surface area contributed by atoms with E-state index in [1.165, 1.54) is 0 Å². The summed E-state index contributed by atoms with van der Waals surface area (Å²) in [4.78, 5) is 18.4. The van der Waals surface area contributed by atoms with E-state index >= 15 is 0 Å². The average molecular weight is 323 g/mol. The Morgan fingerprint density at radius 2 is 2.00 bits per heavy atom. The molecule has 2 saturated heterocycles. The van der Waals surface area contributed by atoms with Crippen molar-refractivity contribution in [2.45, 2.75) is 24.9 Å². The maximum atomic E-state index is 12.6. The summed E-state index contributed by atoms with van der Waals surface area (Å²) >= 11 is 0. The molecule has 3 fully saturated rings. The summed E-state index contributed by atoms with van der Waals surface area (Å²) in [7, 11) is 0. The highest BCUT2D eigenvalue weighted by molar-refractivity contribution is 5.77. The van der Waals surface area contributed by atoms with E-state index in [1.807, 2.05) is 35.2 Å². The highest BCUT2D eigenvalue weighted by Crippen LogP contribution is 2.50. The first-order valence-electron chi connectivity index (χ1n) is 8.36. The Morgan fingerprint density at radius 3 is 2.75 bits per heavy atom. The largest absolute Gasteiger partial charge is 0.394 e. The van der Waals surface area contributed by atoms with Crippen molar-refractivity contribution in [1.82, 2.24) is 15.2 Å². The molecule has 2 bridgehead atoms. The molecule has 24 heavy (non-hydrogen) atoms. The van der Waals surface area contributed by atoms with Crippen molar-refractivity contribution in [1.29, 1.82) is 0 Å². The van der Waals surface area contributed by atoms with E-state index in [0.29, 0.717) is 12.5 Å². The van der Waals surface area contributed by atoms with Gasteiger partial charge in [-0.2, -0.15) is 0 Å². The monoisotopic (exact) mass is 323 g/mol. The van der Waals surface area contributed by atoms with Gasteiger partial charge >= 0.3 is 6.03 Å². The van der Waals surface area contributed by atoms with E-state index in [1.54, 1.807) is 12.4 Å². The summed E-state index contributed by atoms with van der Waals surface area (Å²) in [5, 5.41) is 12.7. The van der Waals surface area contributed by atoms with Crippen LogP contribution in [-0.4, -0.2) is 39.7 Å². The average Bonchev–Trinajstić information content (AvgIpc) is 3.16. The standard InChI is InChI=1S/C19H21N3O2/c23-13-19-9-14(10-19)12-22(19)18(24)21-11-16-3-1-2-4-17(16)15-5-7-20-8-6-15/h1-8,14,23H,9-13H2,(H,21,24). The topological polar surface area (TPSA) is 65.5 Å². The van der Waals surface area contributed by atoms with Gasteiger partial charge in [0, 0.05) is 25.5 Å². The van der Waals surface area contributed by atoms with Gasteiger partial charge in [-0.15, -0.1) is 0 Å². The zero-order chi connectivity index (χ0) is 16.6. The Hall–Kier alpha value is -2.40. The van der Waals surface area contributed by atoms with Gasteiger partial charge < -0.3 is 15.3 Å². The number of nitrogens with one attached hydrogen (secondary N) is 1. The second-order valence-corrected chi connectivity index (χ2v) is 6.82. The van der Waals surface area contributed by atoms with Gasteiger partial charge in [0.2, 0.25) is 0 Å². The van der Waals surface area contributed by atoms with E-state index in [-0.39, 0.29) is 18.2 Å². The lowest BCUT2D eigenvalue weighted by Crippen LogP contribution is -2.53. The Labute approximate surface area is 141 Å². The molecule has 3 heterocycles. The number of aliphatic hydroxyl groups excluding tert-OH is 1. The molecular weight excluding hydrogens is 302 g/mol. The van der Waals surface area contributed by atoms with Gasteiger partial charge in [0.15, 0.2) is 0 Å². The van der Waals surface area contributed by atoms with Crippen molar-refractivity contribution in [3.8, 4) is 11.1 Å². The van der Waals surface area contributed by atoms with Gasteiger partial charge in [-0.25, -0.2) is 4.79 Å². The van der Waals surface area contributed by atoms with E-state index in [9.17, 15) is 9.90 Å². The first-order chi connectivity index (χ1) is 11.7. The van der Waals surface area contributed by atoms with E-state index in [0.717, 1.165) is 36.1 Å². The molecule has 2 aromatic rings. The summed E-state index contributed by atoms with van der Waals surface area (Å²) in [5.74, 6) is 0.562. The van der Waals surface area contributed by atoms with Crippen LogP contribution in [0.25, 0.3) is 11.1 Å². The normalized spacial score (nSPS) is 24.5. The third-order valence-corrected chi connectivity index (χ3v) is 5.33. The second kappa shape index (κ2) is 5.91. The summed E-state index contributed by atoms with van der Waals surface area (Å²) in [6.07, 6.45) is 5.41. The number of benzene rings is 1. The number of carbonyl (C=O) groups is 1. The van der Waals surface area contributed by atoms with Crippen molar-refractivity contribution in [3.63, 3.8) is 0 Å². The number of carbonyl (C=O) groups excluding carboxylic acids is 1. The Morgan fingerprint density at radius 1 is 1.25 bits per heavy atom. The van der Waals surface area contributed by atoms with Gasteiger partial charge in [-0.05, 0) is 47.6 Å². The minimum atomic E-state index is -0.306. The number of aliphatic hydroxyl groups is 1. The molecule has 0 spiro atoms. The molecule has 2 aliphatic heterocycles. The number of hydrogen-bond donors (Lipinski definition) is 2. The predicted octanol–water partition coefficient (Wildman–Crippen LogP) is 2.41. The molecule has 3 aliphatic rings. The minimum Gasteiger partial charge on any atom is -0.394 e. The van der Waals surface area contributed by atoms with Crippen molar-refractivity contribution < 1.29 is 9.90 Å². The molecule has 124 valence electrons. The van der Waals surface area contributed by atoms with Gasteiger partial charge in [-0.3, -0.25) is 4.98 Å². The quantitative estimate of drug-likeness (QED) is 0.908. The molecule has 0 atom stereocenters. The highest BCUT2D eigenvalue weighted by atomic mass is 16.3. The lowest BCUT2D eigenvalue weighted by atomic mass is 9.74. The van der Waals surface area contributed by atoms with E-state index in [4.69, 9.17) is 0 Å². The van der Waals surface area contributed by atoms with Crippen LogP contribution in [0.4, 0.5) is 4.79 Å². The predicted molar refractivity (Wildman–Crippen MR) is 91.2 cm³/mol. The number of urea groups is 1. The molecule has 5 rings (SSSR count). The molecule has 0 unspecified atom stereocenters. The molecule has 0 radical (unpaired) electrons. The SMILES string of the molecule is O=C(NCc1ccccc1-c1ccncc1)N1CC2CC1(CO)C2. The van der Waals surface area contributed by atoms with Crippen LogP contribution in [0, 0.1) is 5.92 Å². The van der Waals surface area contributed by atoms with Crippen molar-refractivity contribution in [2.75, 3.05) is 13.2 Å². The van der Waals surface area contributed by atoms with E-state index in [2.05, 4.69) is 16.4 Å². The minimum absolute atomic E-state index is 0.0600. The molecule has 2 amide bonds. The number of pyridine rings is 1. The molecule has 5 heteroatoms. The van der Waals surface area contributed by atoms with Crippen LogP contribution in [0.3, 0.4) is 0 Å². The number of aromatic nitrogens is 1. The van der Waals surface area contributed by atoms with Gasteiger partial charge in [-0.1, -0.05) is 24.3 Å². The first kappa shape index (κ1) is 15.1. The smallest absolute Gasteiger partial charge is 0.318 e. The van der Waals surface area contributed by atoms with Gasteiger partial charge in [0.1, 0.15) is 0 Å². The fourth-order valence-corrected chi connectivity index (χ4v) is 4.08. The summed E-state index contributed by atoms with van der Waals surface area (Å²) in [5.41, 5.74) is 2.95. The summed E-state index contributed by atoms with van der Waals surface area (Å²) < 4.78 is 0. The molecule has 1 aromatic carbocycles. The number of hydrogen-bond acceptors (Lipinski definition) is 3. The fourth-order valence-electron chi connectivity index (χ4n) is 4.08. The lowest BCUT2D eigenvalue weighted by Gasteiger charge is -2.40. The molecule has 1 aromatic heterocycles. The molecule has 5 nitrogen and oxygen atoms in total. The summed E-state index contributed by atoms with van der Waals surface area (Å²) in [6.45, 7) is 1.29. The van der Waals surface area contributed by atoms with E-state index < -0.39 is 0 Å². The van der Waals surface area contributed by atoms with Crippen LogP contribution >= 0.6 is 0 Å². The summed E-state index contributed by atoms with van der Waals surface area (Å²) in [6, 6.07) is 11.9. The maximum absolute atomic E-state index is 12.6. The van der Waals surface area contributed by atoms with Crippen LogP contribution in [0.2, 0.25) is 0 Å². The third kappa shape index (κ3) is 2.45. The zero-order valence-corrected chi connectivity index (χ0v) is 13.5. The Kier molecular flexibility index (Phi) is 3.73. The number of amides is 2. The fraction of sp³-hybridized carbons (Fsp3) is 0.368. The lowest BCUT2D eigenvalue weighted by molar-refractivity contribution is 0.0550. The number of fused-ring (bicyclic) bond motifs is 1. The van der Waals surface area contributed by atoms with Crippen LogP contribution in [0.1, 0.15) is 18.4 Å². The Balaban J connectivity index is 1.48. The second-order valence-electron chi connectivity index (χ2n) is 6.82. The highest BCUT2D eigenvalue weighted by Gasteiger charge is 2.57. The number of rotatable bonds is 4. The third-order valence-electron chi connectivity index (χ3n) is 5.33. The van der Waals surface area contributed by atoms with Crippen molar-refractivity contribution in [3.05, 3.63) is 54.4 Å². The number of nitrogens with zero attached hydrogens (tertiary/aromatic N) is 2. The van der Waals surface area contributed by atoms with Crippen molar-refractivity contribution in [2.24, 2.45) is 5.92 Å². The molecule has 2 N–H and O–H groups in total. The van der Waals surface area contributed by atoms with Crippen molar-refractivity contribution >= 4 is 6.03 Å². The van der Waals surface area contributed by atoms with Crippen LogP contribution < -0.4 is 5.32 Å². The zero-order valence-electron chi connectivity index (χ0n) is 13.5. The van der Waals surface area contributed by atoms with Crippen LogP contribution in [-0.2, 0) is 6.54 Å². The van der Waals surface area contributed by atoms with Gasteiger partial charge in [0.05, 0.1) is 12.1 Å². The molecule has 1 aliphatic carbocycles. The van der Waals surface area contributed by atoms with Gasteiger partial charge in [0.25, 0.3) is 0 Å². The Bertz CT molecular complexity index is 741. The molecule has 1 saturated carbocycles. The van der Waals surface area contributed by atoms with Crippen LogP contribution in [0.15, 0.2) is 48.8 Å².